The molecule has 1 fully saturated rings. The highest BCUT2D eigenvalue weighted by molar-refractivity contribution is 5.80. The molecule has 1 saturated heterocycles. The number of anilines is 1. The summed E-state index contributed by atoms with van der Waals surface area (Å²) in [6.45, 7) is 4.37. The minimum Gasteiger partial charge on any atom is -0.497 e. The number of methoxy groups -OCH3 is 1. The van der Waals surface area contributed by atoms with Gasteiger partial charge in [-0.25, -0.2) is 0 Å². The summed E-state index contributed by atoms with van der Waals surface area (Å²) in [6.07, 6.45) is 0. The second-order valence-corrected chi connectivity index (χ2v) is 6.39. The molecule has 1 aliphatic heterocycles. The van der Waals surface area contributed by atoms with Crippen molar-refractivity contribution in [2.45, 2.75) is 6.54 Å². The molecule has 6 heteroatoms. The average molecular weight is 363 g/mol. The fourth-order valence-electron chi connectivity index (χ4n) is 3.19. The molecule has 1 heterocycles. The Morgan fingerprint density at radius 1 is 1.15 bits per heavy atom. The van der Waals surface area contributed by atoms with Crippen LogP contribution in [0.4, 0.5) is 5.69 Å². The summed E-state index contributed by atoms with van der Waals surface area (Å²) in [5.41, 5.74) is 3.00. The third-order valence-electron chi connectivity index (χ3n) is 4.74. The smallest absolute Gasteiger partial charge is 0.194 e. The lowest BCUT2D eigenvalue weighted by Crippen LogP contribution is -2.52. The minimum atomic E-state index is 0.678. The maximum absolute atomic E-state index is 8.89. The van der Waals surface area contributed by atoms with E-state index in [4.69, 9.17) is 10.00 Å². The predicted molar refractivity (Wildman–Crippen MR) is 108 cm³/mol. The first-order chi connectivity index (χ1) is 13.2. The number of nitrogens with zero attached hydrogens (tertiary/aromatic N) is 4. The number of ether oxygens (including phenoxy) is 1. The lowest BCUT2D eigenvalue weighted by Gasteiger charge is -2.37. The van der Waals surface area contributed by atoms with Crippen molar-refractivity contribution in [1.82, 2.24) is 10.2 Å². The van der Waals surface area contributed by atoms with Crippen LogP contribution >= 0.6 is 0 Å². The maximum Gasteiger partial charge on any atom is 0.194 e. The van der Waals surface area contributed by atoms with Gasteiger partial charge in [0.1, 0.15) is 5.75 Å². The van der Waals surface area contributed by atoms with Gasteiger partial charge in [-0.05, 0) is 29.8 Å². The maximum atomic E-state index is 8.89. The van der Waals surface area contributed by atoms with E-state index < -0.39 is 0 Å². The van der Waals surface area contributed by atoms with Gasteiger partial charge < -0.3 is 19.9 Å². The van der Waals surface area contributed by atoms with Crippen molar-refractivity contribution in [3.05, 3.63) is 59.7 Å². The van der Waals surface area contributed by atoms with Crippen molar-refractivity contribution < 1.29 is 4.74 Å². The van der Waals surface area contributed by atoms with E-state index in [-0.39, 0.29) is 0 Å². The molecule has 27 heavy (non-hydrogen) atoms. The van der Waals surface area contributed by atoms with Gasteiger partial charge in [0.15, 0.2) is 5.96 Å². The first-order valence-corrected chi connectivity index (χ1v) is 9.07. The number of nitrogens with one attached hydrogen (secondary N) is 1. The molecule has 140 valence electrons. The molecule has 1 aliphatic rings. The fraction of sp³-hybridized carbons (Fsp3) is 0.333. The summed E-state index contributed by atoms with van der Waals surface area (Å²) in [5, 5.41) is 12.3. The number of hydrogen-bond donors (Lipinski definition) is 1. The van der Waals surface area contributed by atoms with E-state index in [2.05, 4.69) is 38.3 Å². The van der Waals surface area contributed by atoms with E-state index in [9.17, 15) is 0 Å². The molecule has 2 aromatic rings. The number of benzene rings is 2. The number of nitriles is 1. The van der Waals surface area contributed by atoms with Crippen LogP contribution < -0.4 is 15.0 Å². The van der Waals surface area contributed by atoms with Crippen molar-refractivity contribution in [2.24, 2.45) is 4.99 Å². The normalized spacial score (nSPS) is 14.6. The molecule has 0 amide bonds. The van der Waals surface area contributed by atoms with Crippen molar-refractivity contribution >= 4 is 11.6 Å². The quantitative estimate of drug-likeness (QED) is 0.668. The molecule has 0 bridgehead atoms. The number of hydrogen-bond acceptors (Lipinski definition) is 4. The largest absolute Gasteiger partial charge is 0.497 e. The molecule has 1 N–H and O–H groups in total. The Balaban J connectivity index is 1.54. The molecule has 0 atom stereocenters. The van der Waals surface area contributed by atoms with Gasteiger partial charge in [-0.3, -0.25) is 4.99 Å². The zero-order valence-corrected chi connectivity index (χ0v) is 15.9. The topological polar surface area (TPSA) is 63.9 Å². The van der Waals surface area contributed by atoms with Crippen molar-refractivity contribution in [1.29, 1.82) is 5.26 Å². The SMILES string of the molecule is CN=C(NCc1ccc(C#N)cc1)N1CCN(c2cccc(OC)c2)CC1. The standard InChI is InChI=1S/C21H25N5O/c1-23-21(24-16-18-8-6-17(15-22)7-9-18)26-12-10-25(11-13-26)19-4-3-5-20(14-19)27-2/h3-9,14H,10-13,16H2,1-2H3,(H,23,24). The van der Waals surface area contributed by atoms with Crippen LogP contribution in [0, 0.1) is 11.3 Å². The fourth-order valence-corrected chi connectivity index (χ4v) is 3.19. The van der Waals surface area contributed by atoms with Crippen LogP contribution in [0.2, 0.25) is 0 Å². The first-order valence-electron chi connectivity index (χ1n) is 9.07. The van der Waals surface area contributed by atoms with Gasteiger partial charge in [-0.2, -0.15) is 5.26 Å². The van der Waals surface area contributed by atoms with Crippen LogP contribution in [0.15, 0.2) is 53.5 Å². The van der Waals surface area contributed by atoms with Crippen LogP contribution in [0.3, 0.4) is 0 Å². The van der Waals surface area contributed by atoms with Gasteiger partial charge in [0.2, 0.25) is 0 Å². The van der Waals surface area contributed by atoms with Crippen LogP contribution in [-0.2, 0) is 6.54 Å². The summed E-state index contributed by atoms with van der Waals surface area (Å²) >= 11 is 0. The second kappa shape index (κ2) is 8.95. The van der Waals surface area contributed by atoms with E-state index in [0.29, 0.717) is 12.1 Å². The van der Waals surface area contributed by atoms with Crippen molar-refractivity contribution in [3.63, 3.8) is 0 Å². The van der Waals surface area contributed by atoms with E-state index in [0.717, 1.165) is 43.5 Å². The highest BCUT2D eigenvalue weighted by atomic mass is 16.5. The van der Waals surface area contributed by atoms with E-state index >= 15 is 0 Å². The van der Waals surface area contributed by atoms with E-state index in [1.165, 1.54) is 5.69 Å². The summed E-state index contributed by atoms with van der Waals surface area (Å²) in [4.78, 5) is 9.07. The Morgan fingerprint density at radius 3 is 2.52 bits per heavy atom. The van der Waals surface area contributed by atoms with Crippen LogP contribution in [-0.4, -0.2) is 51.2 Å². The van der Waals surface area contributed by atoms with Gasteiger partial charge in [0, 0.05) is 51.5 Å². The second-order valence-electron chi connectivity index (χ2n) is 6.39. The molecule has 0 radical (unpaired) electrons. The Hall–Kier alpha value is -3.20. The monoisotopic (exact) mass is 363 g/mol. The Kier molecular flexibility index (Phi) is 6.16. The Bertz CT molecular complexity index is 817. The molecule has 0 saturated carbocycles. The molecule has 2 aromatic carbocycles. The third-order valence-corrected chi connectivity index (χ3v) is 4.74. The van der Waals surface area contributed by atoms with Crippen LogP contribution in [0.5, 0.6) is 5.75 Å². The molecule has 0 aliphatic carbocycles. The Labute approximate surface area is 160 Å². The number of piperazine rings is 1. The molecule has 0 unspecified atom stereocenters. The number of rotatable bonds is 4. The summed E-state index contributed by atoms with van der Waals surface area (Å²) in [5.74, 6) is 1.79. The molecular formula is C21H25N5O. The zero-order chi connectivity index (χ0) is 19.1. The first kappa shape index (κ1) is 18.6. The van der Waals surface area contributed by atoms with Gasteiger partial charge in [-0.15, -0.1) is 0 Å². The number of aliphatic imine (C=N–C) groups is 1. The predicted octanol–water partition coefficient (Wildman–Crippen LogP) is 2.46. The van der Waals surface area contributed by atoms with Gasteiger partial charge in [0.25, 0.3) is 0 Å². The third kappa shape index (κ3) is 4.70. The minimum absolute atomic E-state index is 0.678. The van der Waals surface area contributed by atoms with E-state index in [1.54, 1.807) is 7.11 Å². The molecule has 6 nitrogen and oxygen atoms in total. The molecule has 0 spiro atoms. The number of guanidine groups is 1. The summed E-state index contributed by atoms with van der Waals surface area (Å²) in [7, 11) is 3.51. The highest BCUT2D eigenvalue weighted by Gasteiger charge is 2.20. The lowest BCUT2D eigenvalue weighted by molar-refractivity contribution is 0.372. The average Bonchev–Trinajstić information content (AvgIpc) is 2.75. The Morgan fingerprint density at radius 2 is 1.89 bits per heavy atom. The summed E-state index contributed by atoms with van der Waals surface area (Å²) in [6, 6.07) is 18.0. The lowest BCUT2D eigenvalue weighted by atomic mass is 10.1. The van der Waals surface area contributed by atoms with Gasteiger partial charge in [-0.1, -0.05) is 18.2 Å². The molecule has 0 aromatic heterocycles. The van der Waals surface area contributed by atoms with E-state index in [1.807, 2.05) is 43.4 Å². The van der Waals surface area contributed by atoms with Crippen molar-refractivity contribution in [3.8, 4) is 11.8 Å². The molecule has 3 rings (SSSR count). The highest BCUT2D eigenvalue weighted by Crippen LogP contribution is 2.22. The van der Waals surface area contributed by atoms with Crippen LogP contribution in [0.25, 0.3) is 0 Å². The summed E-state index contributed by atoms with van der Waals surface area (Å²) < 4.78 is 5.33. The van der Waals surface area contributed by atoms with Gasteiger partial charge in [0.05, 0.1) is 18.7 Å². The zero-order valence-electron chi connectivity index (χ0n) is 15.9. The molecular weight excluding hydrogens is 338 g/mol. The van der Waals surface area contributed by atoms with Gasteiger partial charge >= 0.3 is 0 Å². The van der Waals surface area contributed by atoms with Crippen LogP contribution in [0.1, 0.15) is 11.1 Å². The van der Waals surface area contributed by atoms with Crippen molar-refractivity contribution in [2.75, 3.05) is 45.2 Å².